The van der Waals surface area contributed by atoms with Crippen molar-refractivity contribution in [3.05, 3.63) is 114 Å². The van der Waals surface area contributed by atoms with E-state index in [-0.39, 0.29) is 24.2 Å². The molecular formula is C39H43N7O4. The van der Waals surface area contributed by atoms with Crippen LogP contribution in [0.25, 0.3) is 22.5 Å². The summed E-state index contributed by atoms with van der Waals surface area (Å²) in [7, 11) is 1.62. The van der Waals surface area contributed by atoms with E-state index in [4.69, 9.17) is 4.74 Å². The Kier molecular flexibility index (Phi) is 10.4. The lowest BCUT2D eigenvalue weighted by Gasteiger charge is -2.31. The topological polar surface area (TPSA) is 145 Å². The molecule has 6 rings (SSSR count). The van der Waals surface area contributed by atoms with Gasteiger partial charge in [-0.2, -0.15) is 5.21 Å². The molecule has 4 aromatic carbocycles. The number of carbonyl (C=O) groups excluding carboxylic acids is 2. The quantitative estimate of drug-likeness (QED) is 0.144. The number of nitrogens with zero attached hydrogens (tertiary/aromatic N) is 4. The summed E-state index contributed by atoms with van der Waals surface area (Å²) in [5, 5.41) is 30.8. The molecule has 11 nitrogen and oxygen atoms in total. The predicted molar refractivity (Wildman–Crippen MR) is 192 cm³/mol. The van der Waals surface area contributed by atoms with Gasteiger partial charge in [-0.05, 0) is 78.4 Å². The number of anilines is 1. The summed E-state index contributed by atoms with van der Waals surface area (Å²) in [5.74, 6) is 0.454. The number of rotatable bonds is 12. The third kappa shape index (κ3) is 7.90. The number of fused-ring (bicyclic) bond motifs is 1. The molecule has 2 heterocycles. The molecule has 1 aromatic heterocycles. The third-order valence-electron chi connectivity index (χ3n) is 9.11. The highest BCUT2D eigenvalue weighted by Gasteiger charge is 2.39. The molecule has 0 bridgehead atoms. The lowest BCUT2D eigenvalue weighted by molar-refractivity contribution is -0.128. The van der Waals surface area contributed by atoms with Crippen LogP contribution in [0.4, 0.5) is 5.69 Å². The Hall–Kier alpha value is -5.39. The highest BCUT2D eigenvalue weighted by molar-refractivity contribution is 6.01. The van der Waals surface area contributed by atoms with E-state index < -0.39 is 17.7 Å². The second-order valence-corrected chi connectivity index (χ2v) is 13.5. The zero-order valence-electron chi connectivity index (χ0n) is 28.8. The molecule has 0 aliphatic carbocycles. The molecule has 0 saturated heterocycles. The summed E-state index contributed by atoms with van der Waals surface area (Å²) >= 11 is 0. The Morgan fingerprint density at radius 3 is 2.38 bits per heavy atom. The van der Waals surface area contributed by atoms with E-state index in [2.05, 4.69) is 37.3 Å². The molecule has 0 fully saturated rings. The van der Waals surface area contributed by atoms with Crippen LogP contribution in [0.3, 0.4) is 0 Å². The van der Waals surface area contributed by atoms with Crippen LogP contribution in [0.1, 0.15) is 49.8 Å². The molecular weight excluding hydrogens is 630 g/mol. The number of para-hydroxylation sites is 1. The molecule has 11 heteroatoms. The number of benzene rings is 4. The third-order valence-corrected chi connectivity index (χ3v) is 9.11. The molecule has 1 aliphatic rings. The number of aliphatic hydroxyl groups is 1. The standard InChI is InChI=1S/C39H43N7O4/c1-25(47)23-40-39(2,3)22-35(48)41-36-33(28-17-19-30(50-4)20-18-28)21-29-9-5-8-12-34(29)46(38(36)49)24-26-13-15-27(16-14-26)31-10-6-7-11-32(31)37-42-44-45-43-37/h5-20,25,33,36,40,47H,21-24H2,1-4H3,(H,41,48)(H,42,43,44,45)/t25-,33?,36?/m1/s1. The normalized spacial score (nSPS) is 16.7. The highest BCUT2D eigenvalue weighted by Crippen LogP contribution is 2.37. The van der Waals surface area contributed by atoms with Gasteiger partial charge in [-0.25, -0.2) is 0 Å². The Labute approximate surface area is 292 Å². The summed E-state index contributed by atoms with van der Waals surface area (Å²) in [6.07, 6.45) is 0.116. The maximum absolute atomic E-state index is 14.8. The Bertz CT molecular complexity index is 1910. The van der Waals surface area contributed by atoms with E-state index in [1.165, 1.54) is 0 Å². The van der Waals surface area contributed by atoms with Crippen molar-refractivity contribution in [1.82, 2.24) is 31.3 Å². The smallest absolute Gasteiger partial charge is 0.250 e. The first-order valence-electron chi connectivity index (χ1n) is 16.8. The number of carbonyl (C=O) groups is 2. The van der Waals surface area contributed by atoms with Crippen molar-refractivity contribution in [2.75, 3.05) is 18.6 Å². The van der Waals surface area contributed by atoms with Crippen LogP contribution in [-0.2, 0) is 22.6 Å². The Morgan fingerprint density at radius 1 is 1.00 bits per heavy atom. The monoisotopic (exact) mass is 673 g/mol. The molecule has 50 heavy (non-hydrogen) atoms. The van der Waals surface area contributed by atoms with Gasteiger partial charge in [-0.3, -0.25) is 9.59 Å². The average molecular weight is 674 g/mol. The average Bonchev–Trinajstić information content (AvgIpc) is 3.63. The first-order chi connectivity index (χ1) is 24.1. The van der Waals surface area contributed by atoms with E-state index in [1.54, 1.807) is 18.9 Å². The Balaban J connectivity index is 1.32. The minimum absolute atomic E-state index is 0.124. The molecule has 5 aromatic rings. The number of β-amino-alcohol motifs (C(OH)–C–C–N with tert-alkyl or cyclic N) is 1. The number of methoxy groups -OCH3 is 1. The van der Waals surface area contributed by atoms with E-state index in [0.717, 1.165) is 39.1 Å². The fourth-order valence-corrected chi connectivity index (χ4v) is 6.54. The van der Waals surface area contributed by atoms with Gasteiger partial charge >= 0.3 is 0 Å². The van der Waals surface area contributed by atoms with Gasteiger partial charge < -0.3 is 25.4 Å². The molecule has 1 aliphatic heterocycles. The van der Waals surface area contributed by atoms with Crippen LogP contribution in [-0.4, -0.2) is 68.9 Å². The van der Waals surface area contributed by atoms with Crippen LogP contribution in [0.15, 0.2) is 97.1 Å². The van der Waals surface area contributed by atoms with Gasteiger partial charge in [0.2, 0.25) is 11.7 Å². The largest absolute Gasteiger partial charge is 0.497 e. The highest BCUT2D eigenvalue weighted by atomic mass is 16.5. The molecule has 3 atom stereocenters. The maximum atomic E-state index is 14.8. The van der Waals surface area contributed by atoms with Crippen molar-refractivity contribution in [2.24, 2.45) is 0 Å². The van der Waals surface area contributed by atoms with Gasteiger partial charge in [0.05, 0.1) is 19.8 Å². The maximum Gasteiger partial charge on any atom is 0.250 e. The van der Waals surface area contributed by atoms with Crippen LogP contribution in [0.2, 0.25) is 0 Å². The fraction of sp³-hybridized carbons (Fsp3) is 0.308. The van der Waals surface area contributed by atoms with Gasteiger partial charge in [0.1, 0.15) is 11.8 Å². The Morgan fingerprint density at radius 2 is 1.70 bits per heavy atom. The SMILES string of the molecule is COc1ccc(C2Cc3ccccc3N(Cc3ccc(-c4ccccc4-c4nn[nH]n4)cc3)C(=O)C2NC(=O)CC(C)(C)NC[C@@H](C)O)cc1. The predicted octanol–water partition coefficient (Wildman–Crippen LogP) is 5.04. The molecule has 258 valence electrons. The molecule has 0 spiro atoms. The second kappa shape index (κ2) is 15.0. The lowest BCUT2D eigenvalue weighted by atomic mass is 9.85. The molecule has 2 unspecified atom stereocenters. The van der Waals surface area contributed by atoms with Crippen LogP contribution >= 0.6 is 0 Å². The number of hydrogen-bond acceptors (Lipinski definition) is 8. The summed E-state index contributed by atoms with van der Waals surface area (Å²) in [6, 6.07) is 30.8. The van der Waals surface area contributed by atoms with Gasteiger partial charge in [0.25, 0.3) is 5.91 Å². The van der Waals surface area contributed by atoms with Crippen molar-refractivity contribution >= 4 is 17.5 Å². The van der Waals surface area contributed by atoms with Gasteiger partial charge in [0, 0.05) is 35.7 Å². The lowest BCUT2D eigenvalue weighted by Crippen LogP contribution is -2.53. The fourth-order valence-electron chi connectivity index (χ4n) is 6.54. The van der Waals surface area contributed by atoms with Crippen LogP contribution in [0.5, 0.6) is 5.75 Å². The van der Waals surface area contributed by atoms with Crippen molar-refractivity contribution in [1.29, 1.82) is 0 Å². The van der Waals surface area contributed by atoms with Crippen LogP contribution < -0.4 is 20.3 Å². The van der Waals surface area contributed by atoms with E-state index in [1.807, 2.05) is 105 Å². The van der Waals surface area contributed by atoms with E-state index in [0.29, 0.717) is 31.1 Å². The van der Waals surface area contributed by atoms with Crippen LogP contribution in [0, 0.1) is 0 Å². The molecule has 2 amide bonds. The molecule has 0 radical (unpaired) electrons. The van der Waals surface area contributed by atoms with Gasteiger partial charge in [0.15, 0.2) is 0 Å². The summed E-state index contributed by atoms with van der Waals surface area (Å²) in [6.45, 7) is 6.18. The number of nitrogens with one attached hydrogen (secondary N) is 3. The minimum atomic E-state index is -0.836. The number of aliphatic hydroxyl groups excluding tert-OH is 1. The molecule has 0 saturated carbocycles. The first kappa shape index (κ1) is 34.5. The van der Waals surface area contributed by atoms with E-state index in [9.17, 15) is 14.7 Å². The number of hydrogen-bond donors (Lipinski definition) is 4. The number of aromatic amines is 1. The number of ether oxygens (including phenoxy) is 1. The number of aromatic nitrogens is 4. The summed E-state index contributed by atoms with van der Waals surface area (Å²) in [5.41, 5.74) is 5.90. The zero-order chi connectivity index (χ0) is 35.3. The molecule has 4 N–H and O–H groups in total. The second-order valence-electron chi connectivity index (χ2n) is 13.5. The zero-order valence-corrected chi connectivity index (χ0v) is 28.8. The summed E-state index contributed by atoms with van der Waals surface area (Å²) < 4.78 is 5.41. The number of amides is 2. The van der Waals surface area contributed by atoms with Gasteiger partial charge in [-0.15, -0.1) is 10.2 Å². The summed E-state index contributed by atoms with van der Waals surface area (Å²) in [4.78, 5) is 30.3. The first-order valence-corrected chi connectivity index (χ1v) is 16.8. The van der Waals surface area contributed by atoms with Crippen molar-refractivity contribution in [2.45, 2.75) is 63.8 Å². The van der Waals surface area contributed by atoms with Gasteiger partial charge in [-0.1, -0.05) is 78.9 Å². The number of H-pyrrole nitrogens is 1. The van der Waals surface area contributed by atoms with Crippen molar-refractivity contribution < 1.29 is 19.4 Å². The van der Waals surface area contributed by atoms with E-state index >= 15 is 0 Å². The van der Waals surface area contributed by atoms with Crippen molar-refractivity contribution in [3.8, 4) is 28.3 Å². The van der Waals surface area contributed by atoms with Crippen molar-refractivity contribution in [3.63, 3.8) is 0 Å². The minimum Gasteiger partial charge on any atom is -0.497 e. The number of tetrazole rings is 1.